The Bertz CT molecular complexity index is 499. The monoisotopic (exact) mass is 345 g/mol. The van der Waals surface area contributed by atoms with E-state index < -0.39 is 43.6 Å². The first-order chi connectivity index (χ1) is 10.3. The van der Waals surface area contributed by atoms with E-state index in [9.17, 15) is 26.7 Å². The minimum atomic E-state index is -3.22. The summed E-state index contributed by atoms with van der Waals surface area (Å²) in [6.45, 7) is -0.0454. The molecule has 0 amide bonds. The molecule has 0 fully saturated rings. The summed E-state index contributed by atoms with van der Waals surface area (Å²) in [6, 6.07) is 0.207. The molecule has 0 aliphatic rings. The molecular formula is C12H16F5NO3Si. The van der Waals surface area contributed by atoms with E-state index in [1.165, 1.54) is 14.2 Å². The Morgan fingerprint density at radius 3 is 1.77 bits per heavy atom. The quantitative estimate of drug-likeness (QED) is 0.250. The second kappa shape index (κ2) is 7.86. The molecule has 0 aromatic heterocycles. The van der Waals surface area contributed by atoms with Crippen LogP contribution in [-0.2, 0) is 8.85 Å². The van der Waals surface area contributed by atoms with Crippen molar-refractivity contribution in [3.63, 3.8) is 0 Å². The lowest BCUT2D eigenvalue weighted by molar-refractivity contribution is 0.150. The van der Waals surface area contributed by atoms with Crippen LogP contribution in [0, 0.1) is 29.1 Å². The summed E-state index contributed by atoms with van der Waals surface area (Å²) in [7, 11) is -0.630. The van der Waals surface area contributed by atoms with Crippen LogP contribution in [-0.4, -0.2) is 34.4 Å². The SMILES string of the molecule is CO[Si](O)(CCCCNc1c(F)c(F)c(F)c(F)c1F)OC. The molecule has 22 heavy (non-hydrogen) atoms. The summed E-state index contributed by atoms with van der Waals surface area (Å²) in [5.41, 5.74) is -1.07. The van der Waals surface area contributed by atoms with Crippen molar-refractivity contribution < 1.29 is 35.6 Å². The third-order valence-corrected chi connectivity index (χ3v) is 5.33. The highest BCUT2D eigenvalue weighted by Crippen LogP contribution is 2.27. The summed E-state index contributed by atoms with van der Waals surface area (Å²) in [5.74, 6) is -10.0. The van der Waals surface area contributed by atoms with Gasteiger partial charge in [-0.15, -0.1) is 0 Å². The fourth-order valence-electron chi connectivity index (χ4n) is 1.73. The molecule has 0 aliphatic heterocycles. The number of hydrogen-bond acceptors (Lipinski definition) is 4. The molecule has 4 nitrogen and oxygen atoms in total. The maximum Gasteiger partial charge on any atom is 0.497 e. The van der Waals surface area contributed by atoms with E-state index in [1.54, 1.807) is 0 Å². The summed E-state index contributed by atoms with van der Waals surface area (Å²) < 4.78 is 75.1. The first kappa shape index (κ1) is 18.8. The van der Waals surface area contributed by atoms with Crippen molar-refractivity contribution in [1.82, 2.24) is 0 Å². The van der Waals surface area contributed by atoms with Gasteiger partial charge in [0.15, 0.2) is 23.3 Å². The first-order valence-electron chi connectivity index (χ1n) is 6.35. The molecule has 0 aliphatic carbocycles. The predicted octanol–water partition coefficient (Wildman–Crippen LogP) is 2.80. The van der Waals surface area contributed by atoms with Gasteiger partial charge in [-0.25, -0.2) is 22.0 Å². The molecule has 10 heteroatoms. The second-order valence-corrected chi connectivity index (χ2v) is 7.19. The molecule has 1 rings (SSSR count). The number of halogens is 5. The van der Waals surface area contributed by atoms with Gasteiger partial charge in [-0.2, -0.15) is 0 Å². The summed E-state index contributed by atoms with van der Waals surface area (Å²) in [6.07, 6.45) is 0.689. The average Bonchev–Trinajstić information content (AvgIpc) is 2.53. The fourth-order valence-corrected chi connectivity index (χ4v) is 3.01. The smallest absolute Gasteiger partial charge is 0.390 e. The van der Waals surface area contributed by atoms with Crippen molar-refractivity contribution in [3.05, 3.63) is 29.1 Å². The van der Waals surface area contributed by atoms with Crippen LogP contribution in [0.1, 0.15) is 12.8 Å². The van der Waals surface area contributed by atoms with Crippen LogP contribution in [0.3, 0.4) is 0 Å². The van der Waals surface area contributed by atoms with Gasteiger partial charge in [-0.1, -0.05) is 0 Å². The lowest BCUT2D eigenvalue weighted by atomic mass is 10.2. The molecule has 2 N–H and O–H groups in total. The number of hydrogen-bond donors (Lipinski definition) is 2. The number of anilines is 1. The lowest BCUT2D eigenvalue weighted by Gasteiger charge is -2.19. The van der Waals surface area contributed by atoms with E-state index >= 15 is 0 Å². The Morgan fingerprint density at radius 2 is 1.32 bits per heavy atom. The first-order valence-corrected chi connectivity index (χ1v) is 8.32. The van der Waals surface area contributed by atoms with Gasteiger partial charge in [0.05, 0.1) is 0 Å². The van der Waals surface area contributed by atoms with Gasteiger partial charge < -0.3 is 19.0 Å². The van der Waals surface area contributed by atoms with Crippen LogP contribution < -0.4 is 5.32 Å². The standard InChI is InChI=1S/C12H16F5NO3Si/c1-20-22(19,21-2)6-4-3-5-18-12-10(16)8(14)7(13)9(15)11(12)17/h18-19H,3-6H2,1-2H3. The van der Waals surface area contributed by atoms with Crippen LogP contribution >= 0.6 is 0 Å². The number of nitrogens with one attached hydrogen (secondary N) is 1. The maximum atomic E-state index is 13.4. The van der Waals surface area contributed by atoms with Crippen molar-refractivity contribution in [3.8, 4) is 0 Å². The van der Waals surface area contributed by atoms with Crippen LogP contribution in [0.5, 0.6) is 0 Å². The normalized spacial score (nSPS) is 11.8. The largest absolute Gasteiger partial charge is 0.497 e. The van der Waals surface area contributed by atoms with Crippen molar-refractivity contribution in [2.75, 3.05) is 26.1 Å². The van der Waals surface area contributed by atoms with Crippen LogP contribution in [0.2, 0.25) is 6.04 Å². The van der Waals surface area contributed by atoms with Gasteiger partial charge in [-0.3, -0.25) is 0 Å². The Labute approximate surface area is 125 Å². The molecule has 0 heterocycles. The minimum absolute atomic E-state index is 0.0454. The molecule has 0 atom stereocenters. The molecule has 0 bridgehead atoms. The number of unbranched alkanes of at least 4 members (excludes halogenated alkanes) is 1. The summed E-state index contributed by atoms with van der Waals surface area (Å²) >= 11 is 0. The van der Waals surface area contributed by atoms with E-state index in [-0.39, 0.29) is 12.6 Å². The highest BCUT2D eigenvalue weighted by atomic mass is 28.4. The number of rotatable bonds is 8. The maximum absolute atomic E-state index is 13.4. The zero-order valence-corrected chi connectivity index (χ0v) is 13.0. The van der Waals surface area contributed by atoms with Crippen molar-refractivity contribution in [2.24, 2.45) is 0 Å². The van der Waals surface area contributed by atoms with Crippen LogP contribution in [0.15, 0.2) is 0 Å². The van der Waals surface area contributed by atoms with E-state index in [2.05, 4.69) is 5.32 Å². The Hall–Kier alpha value is -1.23. The van der Waals surface area contributed by atoms with Gasteiger partial charge in [0.1, 0.15) is 5.69 Å². The molecule has 0 saturated heterocycles. The summed E-state index contributed by atoms with van der Waals surface area (Å²) in [4.78, 5) is 9.75. The van der Waals surface area contributed by atoms with Gasteiger partial charge in [0.2, 0.25) is 5.82 Å². The van der Waals surface area contributed by atoms with Crippen molar-refractivity contribution >= 4 is 14.5 Å². The fraction of sp³-hybridized carbons (Fsp3) is 0.500. The zero-order chi connectivity index (χ0) is 16.9. The Balaban J connectivity index is 2.60. The minimum Gasteiger partial charge on any atom is -0.390 e. The third kappa shape index (κ3) is 4.15. The third-order valence-electron chi connectivity index (χ3n) is 3.07. The van der Waals surface area contributed by atoms with Crippen LogP contribution in [0.25, 0.3) is 0 Å². The highest BCUT2D eigenvalue weighted by molar-refractivity contribution is 6.59. The Morgan fingerprint density at radius 1 is 0.864 bits per heavy atom. The van der Waals surface area contributed by atoms with E-state index in [1.807, 2.05) is 0 Å². The molecule has 1 aromatic rings. The van der Waals surface area contributed by atoms with Crippen LogP contribution in [0.4, 0.5) is 27.6 Å². The topological polar surface area (TPSA) is 50.7 Å². The van der Waals surface area contributed by atoms with E-state index in [4.69, 9.17) is 8.85 Å². The van der Waals surface area contributed by atoms with E-state index in [0.717, 1.165) is 0 Å². The number of benzene rings is 1. The molecule has 0 unspecified atom stereocenters. The highest BCUT2D eigenvalue weighted by Gasteiger charge is 2.33. The second-order valence-electron chi connectivity index (χ2n) is 4.45. The van der Waals surface area contributed by atoms with Gasteiger partial charge in [0, 0.05) is 26.8 Å². The van der Waals surface area contributed by atoms with Crippen molar-refractivity contribution in [2.45, 2.75) is 18.9 Å². The van der Waals surface area contributed by atoms with E-state index in [0.29, 0.717) is 12.8 Å². The van der Waals surface area contributed by atoms with Gasteiger partial charge in [0.25, 0.3) is 0 Å². The zero-order valence-electron chi connectivity index (χ0n) is 12.0. The average molecular weight is 345 g/mol. The van der Waals surface area contributed by atoms with Gasteiger partial charge >= 0.3 is 8.80 Å². The van der Waals surface area contributed by atoms with Gasteiger partial charge in [-0.05, 0) is 12.8 Å². The molecule has 0 radical (unpaired) electrons. The summed E-state index contributed by atoms with van der Waals surface area (Å²) in [5, 5.41) is 2.17. The Kier molecular flexibility index (Phi) is 6.72. The predicted molar refractivity (Wildman–Crippen MR) is 70.8 cm³/mol. The van der Waals surface area contributed by atoms with Crippen molar-refractivity contribution in [1.29, 1.82) is 0 Å². The lowest BCUT2D eigenvalue weighted by Crippen LogP contribution is -2.40. The molecule has 1 aromatic carbocycles. The molecular weight excluding hydrogens is 329 g/mol. The molecule has 0 spiro atoms. The molecule has 0 saturated carbocycles. The molecule has 126 valence electrons.